The fourth-order valence-electron chi connectivity index (χ4n) is 2.05. The zero-order valence-corrected chi connectivity index (χ0v) is 11.8. The van der Waals surface area contributed by atoms with Crippen molar-refractivity contribution in [2.45, 2.75) is 32.6 Å². The Kier molecular flexibility index (Phi) is 6.58. The summed E-state index contributed by atoms with van der Waals surface area (Å²) in [6, 6.07) is 3.46. The molecule has 0 heterocycles. The van der Waals surface area contributed by atoms with Crippen molar-refractivity contribution in [3.8, 4) is 0 Å². The number of non-ortho nitro benzene ring substituents is 1. The molecule has 6 nitrogen and oxygen atoms in total. The second-order valence-corrected chi connectivity index (χ2v) is 4.84. The third kappa shape index (κ3) is 5.76. The molecule has 1 aromatic rings. The number of nitro benzene ring substituents is 1. The van der Waals surface area contributed by atoms with Gasteiger partial charge in [0.25, 0.3) is 5.69 Å². The molecule has 0 bridgehead atoms. The molecular weight excluding hydrogens is 279 g/mol. The molecule has 1 aromatic carbocycles. The Balaban J connectivity index is 2.47. The summed E-state index contributed by atoms with van der Waals surface area (Å²) in [4.78, 5) is 20.4. The number of carboxylic acid groups (broad SMARTS) is 1. The Bertz CT molecular complexity index is 508. The Morgan fingerprint density at radius 3 is 2.71 bits per heavy atom. The van der Waals surface area contributed by atoms with Gasteiger partial charge in [0.15, 0.2) is 5.82 Å². The number of hydrogen-bond donors (Lipinski definition) is 2. The molecule has 21 heavy (non-hydrogen) atoms. The van der Waals surface area contributed by atoms with E-state index in [-0.39, 0.29) is 23.7 Å². The minimum atomic E-state index is -0.817. The van der Waals surface area contributed by atoms with Gasteiger partial charge in [0.1, 0.15) is 0 Å². The number of hydrogen-bond acceptors (Lipinski definition) is 4. The van der Waals surface area contributed by atoms with Gasteiger partial charge in [0.2, 0.25) is 0 Å². The summed E-state index contributed by atoms with van der Waals surface area (Å²) >= 11 is 0. The SMILES string of the molecule is CCC(CCNc1ccc([N+](=O)[O-])cc1F)CCC(=O)O. The lowest BCUT2D eigenvalue weighted by Gasteiger charge is -2.14. The van der Waals surface area contributed by atoms with Gasteiger partial charge in [-0.15, -0.1) is 0 Å². The van der Waals surface area contributed by atoms with Gasteiger partial charge in [0, 0.05) is 19.0 Å². The van der Waals surface area contributed by atoms with E-state index in [0.717, 1.165) is 18.9 Å². The molecule has 0 aliphatic heterocycles. The largest absolute Gasteiger partial charge is 0.481 e. The normalized spacial score (nSPS) is 11.9. The molecule has 7 heteroatoms. The monoisotopic (exact) mass is 298 g/mol. The molecule has 0 saturated carbocycles. The zero-order valence-electron chi connectivity index (χ0n) is 11.8. The van der Waals surface area contributed by atoms with Crippen LogP contribution in [0.5, 0.6) is 0 Å². The van der Waals surface area contributed by atoms with Crippen molar-refractivity contribution in [1.29, 1.82) is 0 Å². The average Bonchev–Trinajstić information content (AvgIpc) is 2.43. The summed E-state index contributed by atoms with van der Waals surface area (Å²) in [6.07, 6.45) is 2.30. The second kappa shape index (κ2) is 8.18. The van der Waals surface area contributed by atoms with Crippen molar-refractivity contribution in [3.05, 3.63) is 34.1 Å². The van der Waals surface area contributed by atoms with Gasteiger partial charge in [-0.25, -0.2) is 4.39 Å². The summed E-state index contributed by atoms with van der Waals surface area (Å²) in [5.74, 6) is -1.22. The van der Waals surface area contributed by atoms with Crippen LogP contribution in [0.4, 0.5) is 15.8 Å². The zero-order chi connectivity index (χ0) is 15.8. The molecule has 1 atom stereocenters. The number of aliphatic carboxylic acids is 1. The van der Waals surface area contributed by atoms with Gasteiger partial charge < -0.3 is 10.4 Å². The Labute approximate surface area is 122 Å². The summed E-state index contributed by atoms with van der Waals surface area (Å²) in [7, 11) is 0. The van der Waals surface area contributed by atoms with E-state index in [0.29, 0.717) is 13.0 Å². The molecule has 2 N–H and O–H groups in total. The van der Waals surface area contributed by atoms with Crippen LogP contribution in [0.15, 0.2) is 18.2 Å². The number of carbonyl (C=O) groups is 1. The highest BCUT2D eigenvalue weighted by Gasteiger charge is 2.12. The average molecular weight is 298 g/mol. The first-order valence-electron chi connectivity index (χ1n) is 6.83. The molecule has 0 saturated heterocycles. The van der Waals surface area contributed by atoms with Crippen LogP contribution in [0.25, 0.3) is 0 Å². The quantitative estimate of drug-likeness (QED) is 0.538. The maximum Gasteiger partial charge on any atom is 0.303 e. The van der Waals surface area contributed by atoms with E-state index in [9.17, 15) is 19.3 Å². The summed E-state index contributed by atoms with van der Waals surface area (Å²) in [6.45, 7) is 2.48. The van der Waals surface area contributed by atoms with Crippen LogP contribution in [-0.4, -0.2) is 22.5 Å². The first kappa shape index (κ1) is 16.9. The van der Waals surface area contributed by atoms with Crippen molar-refractivity contribution >= 4 is 17.3 Å². The van der Waals surface area contributed by atoms with Crippen molar-refractivity contribution < 1.29 is 19.2 Å². The van der Waals surface area contributed by atoms with Gasteiger partial charge >= 0.3 is 5.97 Å². The number of rotatable bonds is 9. The number of carboxylic acids is 1. The minimum absolute atomic E-state index is 0.129. The van der Waals surface area contributed by atoms with E-state index in [1.807, 2.05) is 6.92 Å². The molecule has 1 unspecified atom stereocenters. The predicted octanol–water partition coefficient (Wildman–Crippen LogP) is 3.43. The third-order valence-corrected chi connectivity index (χ3v) is 3.38. The maximum atomic E-state index is 13.6. The van der Waals surface area contributed by atoms with Crippen LogP contribution >= 0.6 is 0 Å². The molecule has 116 valence electrons. The highest BCUT2D eigenvalue weighted by atomic mass is 19.1. The number of nitrogens with one attached hydrogen (secondary N) is 1. The topological polar surface area (TPSA) is 92.5 Å². The van der Waals surface area contributed by atoms with Crippen molar-refractivity contribution in [2.24, 2.45) is 5.92 Å². The Hall–Kier alpha value is -2.18. The Morgan fingerprint density at radius 2 is 2.19 bits per heavy atom. The van der Waals surface area contributed by atoms with Crippen molar-refractivity contribution in [1.82, 2.24) is 0 Å². The van der Waals surface area contributed by atoms with Crippen molar-refractivity contribution in [3.63, 3.8) is 0 Å². The van der Waals surface area contributed by atoms with Crippen LogP contribution in [0.3, 0.4) is 0 Å². The minimum Gasteiger partial charge on any atom is -0.481 e. The van der Waals surface area contributed by atoms with Crippen LogP contribution in [-0.2, 0) is 4.79 Å². The smallest absolute Gasteiger partial charge is 0.303 e. The van der Waals surface area contributed by atoms with E-state index < -0.39 is 16.7 Å². The molecule has 0 aliphatic rings. The van der Waals surface area contributed by atoms with E-state index in [1.165, 1.54) is 12.1 Å². The third-order valence-electron chi connectivity index (χ3n) is 3.38. The van der Waals surface area contributed by atoms with Gasteiger partial charge in [0.05, 0.1) is 16.7 Å². The van der Waals surface area contributed by atoms with E-state index in [4.69, 9.17) is 5.11 Å². The molecular formula is C14H19FN2O4. The molecule has 0 radical (unpaired) electrons. The highest BCUT2D eigenvalue weighted by molar-refractivity contribution is 5.66. The number of halogens is 1. The molecule has 1 rings (SSSR count). The number of nitrogens with zero attached hydrogens (tertiary/aromatic N) is 1. The predicted molar refractivity (Wildman–Crippen MR) is 76.8 cm³/mol. The standard InChI is InChI=1S/C14H19FN2O4/c1-2-10(3-6-14(18)19)7-8-16-13-5-4-11(17(20)21)9-12(13)15/h4-5,9-10,16H,2-3,6-8H2,1H3,(H,18,19). The van der Waals surface area contributed by atoms with E-state index >= 15 is 0 Å². The van der Waals surface area contributed by atoms with Crippen LogP contribution in [0, 0.1) is 21.8 Å². The summed E-state index contributed by atoms with van der Waals surface area (Å²) in [5.41, 5.74) is -0.0698. The fraction of sp³-hybridized carbons (Fsp3) is 0.500. The number of benzene rings is 1. The van der Waals surface area contributed by atoms with Gasteiger partial charge in [-0.2, -0.15) is 0 Å². The number of anilines is 1. The van der Waals surface area contributed by atoms with Crippen LogP contribution in [0.1, 0.15) is 32.6 Å². The van der Waals surface area contributed by atoms with Gasteiger partial charge in [-0.3, -0.25) is 14.9 Å². The molecule has 0 aromatic heterocycles. The van der Waals surface area contributed by atoms with Gasteiger partial charge in [-0.1, -0.05) is 13.3 Å². The first-order valence-corrected chi connectivity index (χ1v) is 6.83. The highest BCUT2D eigenvalue weighted by Crippen LogP contribution is 2.21. The summed E-state index contributed by atoms with van der Waals surface area (Å²) < 4.78 is 13.6. The lowest BCUT2D eigenvalue weighted by atomic mass is 9.96. The second-order valence-electron chi connectivity index (χ2n) is 4.84. The van der Waals surface area contributed by atoms with E-state index in [2.05, 4.69) is 5.32 Å². The van der Waals surface area contributed by atoms with Crippen molar-refractivity contribution in [2.75, 3.05) is 11.9 Å². The lowest BCUT2D eigenvalue weighted by molar-refractivity contribution is -0.385. The molecule has 0 amide bonds. The first-order chi connectivity index (χ1) is 9.93. The maximum absolute atomic E-state index is 13.6. The number of nitro groups is 1. The van der Waals surface area contributed by atoms with Crippen LogP contribution < -0.4 is 5.32 Å². The van der Waals surface area contributed by atoms with Crippen LogP contribution in [0.2, 0.25) is 0 Å². The lowest BCUT2D eigenvalue weighted by Crippen LogP contribution is -2.11. The summed E-state index contributed by atoms with van der Waals surface area (Å²) in [5, 5.41) is 22.0. The Morgan fingerprint density at radius 1 is 1.48 bits per heavy atom. The van der Waals surface area contributed by atoms with E-state index in [1.54, 1.807) is 0 Å². The molecule has 0 fully saturated rings. The van der Waals surface area contributed by atoms with Gasteiger partial charge in [-0.05, 0) is 24.8 Å². The molecule has 0 aliphatic carbocycles. The molecule has 0 spiro atoms. The fourth-order valence-corrected chi connectivity index (χ4v) is 2.05.